The van der Waals surface area contributed by atoms with Gasteiger partial charge in [0.15, 0.2) is 11.6 Å². The molecule has 1 atom stereocenters. The molecule has 0 aliphatic carbocycles. The normalized spacial score (nSPS) is 11.5. The maximum Gasteiger partial charge on any atom is 0.404 e. The van der Waals surface area contributed by atoms with Crippen LogP contribution in [0.5, 0.6) is 0 Å². The van der Waals surface area contributed by atoms with Crippen molar-refractivity contribution >= 4 is 17.9 Å². The lowest BCUT2D eigenvalue weighted by molar-refractivity contribution is 0.150. The van der Waals surface area contributed by atoms with Gasteiger partial charge in [0, 0.05) is 12.2 Å². The maximum atomic E-state index is 14.3. The van der Waals surface area contributed by atoms with Gasteiger partial charge in [-0.3, -0.25) is 0 Å². The van der Waals surface area contributed by atoms with Crippen molar-refractivity contribution in [3.8, 4) is 11.4 Å². The Hall–Kier alpha value is -4.67. The minimum absolute atomic E-state index is 0.0159. The molecule has 0 bridgehead atoms. The Bertz CT molecular complexity index is 1390. The number of rotatable bonds is 10. The zero-order chi connectivity index (χ0) is 26.2. The molecule has 0 saturated heterocycles. The molecule has 2 aromatic carbocycles. The Balaban J connectivity index is 1.37. The van der Waals surface area contributed by atoms with Crippen LogP contribution in [0.3, 0.4) is 0 Å². The number of amides is 1. The number of hydrogen-bond donors (Lipinski definition) is 3. The first-order valence-corrected chi connectivity index (χ1v) is 11.5. The van der Waals surface area contributed by atoms with Gasteiger partial charge in [0.2, 0.25) is 5.95 Å². The van der Waals surface area contributed by atoms with Crippen molar-refractivity contribution in [2.24, 2.45) is 5.73 Å². The Labute approximate surface area is 212 Å². The molecule has 11 heteroatoms. The lowest BCUT2D eigenvalue weighted by Gasteiger charge is -2.15. The minimum atomic E-state index is -0.820. The molecule has 0 radical (unpaired) electrons. The summed E-state index contributed by atoms with van der Waals surface area (Å²) in [6.07, 6.45) is 2.44. The molecule has 0 aliphatic heterocycles. The van der Waals surface area contributed by atoms with Gasteiger partial charge < -0.3 is 21.1 Å². The van der Waals surface area contributed by atoms with Crippen molar-refractivity contribution < 1.29 is 18.3 Å². The average molecular weight is 506 g/mol. The smallest absolute Gasteiger partial charge is 0.404 e. The van der Waals surface area contributed by atoms with Gasteiger partial charge in [-0.25, -0.2) is 28.5 Å². The van der Waals surface area contributed by atoms with Crippen molar-refractivity contribution in [1.82, 2.24) is 19.9 Å². The second-order valence-corrected chi connectivity index (χ2v) is 8.26. The number of nitrogens with one attached hydrogen (secondary N) is 2. The predicted octanol–water partition coefficient (Wildman–Crippen LogP) is 4.46. The van der Waals surface area contributed by atoms with Gasteiger partial charge in [0.05, 0.1) is 24.0 Å². The summed E-state index contributed by atoms with van der Waals surface area (Å²) in [5.41, 5.74) is 7.16. The van der Waals surface area contributed by atoms with Crippen molar-refractivity contribution in [3.05, 3.63) is 95.4 Å². The van der Waals surface area contributed by atoms with Crippen LogP contribution >= 0.6 is 0 Å². The lowest BCUT2D eigenvalue weighted by Crippen LogP contribution is -2.20. The first-order chi connectivity index (χ1) is 17.9. The molecule has 4 aromatic rings. The highest BCUT2D eigenvalue weighted by Crippen LogP contribution is 2.20. The van der Waals surface area contributed by atoms with E-state index in [1.807, 2.05) is 31.2 Å². The summed E-state index contributed by atoms with van der Waals surface area (Å²) in [5.74, 6) is -0.154. The summed E-state index contributed by atoms with van der Waals surface area (Å²) in [6.45, 7) is 2.11. The van der Waals surface area contributed by atoms with E-state index in [1.54, 1.807) is 24.4 Å². The standard InChI is InChI=1S/C26H25F2N7O2/c1-16(11-17-5-4-6-18(12-17)15-37-25(29)36)33-26-30-10-9-23(35-26)31-14-22-21(28)13-32-24(34-22)19-7-2-3-8-20(19)27/h2-10,12-13,16H,11,14-15H2,1H3,(H2,29,36)(H2,30,31,33,35)/t16-/m0/s1. The largest absolute Gasteiger partial charge is 0.445 e. The first kappa shape index (κ1) is 25.4. The number of halogens is 2. The van der Waals surface area contributed by atoms with E-state index in [4.69, 9.17) is 10.5 Å². The molecule has 0 spiro atoms. The Morgan fingerprint density at radius 1 is 1.03 bits per heavy atom. The number of primary amides is 1. The second-order valence-electron chi connectivity index (χ2n) is 8.26. The molecule has 0 aliphatic rings. The summed E-state index contributed by atoms with van der Waals surface area (Å²) >= 11 is 0. The van der Waals surface area contributed by atoms with E-state index in [1.165, 1.54) is 12.1 Å². The molecule has 0 fully saturated rings. The number of anilines is 2. The summed E-state index contributed by atoms with van der Waals surface area (Å²) in [5, 5.41) is 6.26. The van der Waals surface area contributed by atoms with Gasteiger partial charge in [-0.1, -0.05) is 36.4 Å². The first-order valence-electron chi connectivity index (χ1n) is 11.5. The second kappa shape index (κ2) is 11.8. The minimum Gasteiger partial charge on any atom is -0.445 e. The fraction of sp³-hybridized carbons (Fsp3) is 0.192. The SMILES string of the molecule is C[C@@H](Cc1cccc(COC(N)=O)c1)Nc1nccc(NCc2nc(-c3ccccc3F)ncc2F)n1. The molecule has 2 aromatic heterocycles. The third-order valence-corrected chi connectivity index (χ3v) is 5.31. The van der Waals surface area contributed by atoms with E-state index >= 15 is 0 Å². The van der Waals surface area contributed by atoms with E-state index in [0.717, 1.165) is 17.3 Å². The molecule has 0 saturated carbocycles. The van der Waals surface area contributed by atoms with Crippen molar-refractivity contribution in [2.45, 2.75) is 32.5 Å². The van der Waals surface area contributed by atoms with Gasteiger partial charge in [-0.2, -0.15) is 4.98 Å². The van der Waals surface area contributed by atoms with Gasteiger partial charge in [-0.15, -0.1) is 0 Å². The van der Waals surface area contributed by atoms with E-state index < -0.39 is 17.7 Å². The van der Waals surface area contributed by atoms with Crippen LogP contribution in [-0.2, 0) is 24.3 Å². The molecule has 4 rings (SSSR count). The quantitative estimate of drug-likeness (QED) is 0.288. The summed E-state index contributed by atoms with van der Waals surface area (Å²) in [6, 6.07) is 15.3. The molecular weight excluding hydrogens is 480 g/mol. The lowest BCUT2D eigenvalue weighted by atomic mass is 10.0. The van der Waals surface area contributed by atoms with E-state index in [0.29, 0.717) is 18.2 Å². The zero-order valence-corrected chi connectivity index (χ0v) is 20.0. The van der Waals surface area contributed by atoms with Crippen molar-refractivity contribution in [3.63, 3.8) is 0 Å². The average Bonchev–Trinajstić information content (AvgIpc) is 2.88. The van der Waals surface area contributed by atoms with Crippen molar-refractivity contribution in [2.75, 3.05) is 10.6 Å². The number of aromatic nitrogens is 4. The number of nitrogens with zero attached hydrogens (tertiary/aromatic N) is 4. The highest BCUT2D eigenvalue weighted by atomic mass is 19.1. The van der Waals surface area contributed by atoms with E-state index in [2.05, 4.69) is 30.6 Å². The van der Waals surface area contributed by atoms with Gasteiger partial charge in [0.25, 0.3) is 0 Å². The number of benzene rings is 2. The number of carbonyl (C=O) groups excluding carboxylic acids is 1. The Kier molecular flexibility index (Phi) is 8.14. The highest BCUT2D eigenvalue weighted by molar-refractivity contribution is 5.64. The number of hydrogen-bond acceptors (Lipinski definition) is 8. The Morgan fingerprint density at radius 3 is 2.65 bits per heavy atom. The molecule has 9 nitrogen and oxygen atoms in total. The highest BCUT2D eigenvalue weighted by Gasteiger charge is 2.13. The monoisotopic (exact) mass is 505 g/mol. The van der Waals surface area contributed by atoms with E-state index in [9.17, 15) is 13.6 Å². The van der Waals surface area contributed by atoms with Crippen molar-refractivity contribution in [1.29, 1.82) is 0 Å². The topological polar surface area (TPSA) is 128 Å². The number of carbonyl (C=O) groups is 1. The zero-order valence-electron chi connectivity index (χ0n) is 20.0. The third-order valence-electron chi connectivity index (χ3n) is 5.31. The molecule has 0 unspecified atom stereocenters. The molecule has 2 heterocycles. The van der Waals surface area contributed by atoms with Crippen LogP contribution in [0, 0.1) is 11.6 Å². The fourth-order valence-corrected chi connectivity index (χ4v) is 3.63. The third kappa shape index (κ3) is 7.17. The van der Waals surface area contributed by atoms with Gasteiger partial charge >= 0.3 is 6.09 Å². The van der Waals surface area contributed by atoms with Crippen LogP contribution in [0.1, 0.15) is 23.7 Å². The van der Waals surface area contributed by atoms with Crippen LogP contribution in [-0.4, -0.2) is 32.1 Å². The summed E-state index contributed by atoms with van der Waals surface area (Å²) in [7, 11) is 0. The molecule has 4 N–H and O–H groups in total. The summed E-state index contributed by atoms with van der Waals surface area (Å²) < 4.78 is 33.3. The van der Waals surface area contributed by atoms with Crippen LogP contribution < -0.4 is 16.4 Å². The van der Waals surface area contributed by atoms with Crippen LogP contribution in [0.4, 0.5) is 25.3 Å². The van der Waals surface area contributed by atoms with Gasteiger partial charge in [-0.05, 0) is 42.7 Å². The van der Waals surface area contributed by atoms with Gasteiger partial charge in [0.1, 0.15) is 18.2 Å². The predicted molar refractivity (Wildman–Crippen MR) is 134 cm³/mol. The summed E-state index contributed by atoms with van der Waals surface area (Å²) in [4.78, 5) is 27.6. The molecule has 190 valence electrons. The van der Waals surface area contributed by atoms with Crippen LogP contribution in [0.2, 0.25) is 0 Å². The number of nitrogens with two attached hydrogens (primary N) is 1. The number of ether oxygens (including phenoxy) is 1. The van der Waals surface area contributed by atoms with Crippen LogP contribution in [0.25, 0.3) is 11.4 Å². The van der Waals surface area contributed by atoms with Crippen LogP contribution in [0.15, 0.2) is 67.0 Å². The van der Waals surface area contributed by atoms with E-state index in [-0.39, 0.29) is 36.3 Å². The molecule has 1 amide bonds. The molecule has 37 heavy (non-hydrogen) atoms. The fourth-order valence-electron chi connectivity index (χ4n) is 3.63. The Morgan fingerprint density at radius 2 is 1.84 bits per heavy atom. The molecular formula is C26H25F2N7O2. The maximum absolute atomic E-state index is 14.3.